The summed E-state index contributed by atoms with van der Waals surface area (Å²) < 4.78 is 4.51. The molecule has 15 heavy (non-hydrogen) atoms. The Hall–Kier alpha value is -1.14. The van der Waals surface area contributed by atoms with Crippen LogP contribution in [0.4, 0.5) is 0 Å². The molecule has 0 saturated carbocycles. The molecule has 0 fully saturated rings. The van der Waals surface area contributed by atoms with Gasteiger partial charge in [-0.1, -0.05) is 11.8 Å². The lowest BCUT2D eigenvalue weighted by molar-refractivity contribution is -0.141. The Kier molecular flexibility index (Phi) is 4.51. The lowest BCUT2D eigenvalue weighted by Crippen LogP contribution is -2.33. The first-order valence-corrected chi connectivity index (χ1v) is 5.38. The van der Waals surface area contributed by atoms with E-state index >= 15 is 0 Å². The number of nitrogens with two attached hydrogens (primary N) is 1. The summed E-state index contributed by atoms with van der Waals surface area (Å²) in [4.78, 5) is 19.2. The Morgan fingerprint density at radius 3 is 3.07 bits per heavy atom. The fraction of sp³-hybridized carbons (Fsp3) is 0.444. The predicted octanol–water partition coefficient (Wildman–Crippen LogP) is 0.377. The molecular weight excluding hydrogens is 214 g/mol. The van der Waals surface area contributed by atoms with Gasteiger partial charge >= 0.3 is 5.97 Å². The van der Waals surface area contributed by atoms with Crippen LogP contribution in [0.3, 0.4) is 0 Å². The topological polar surface area (TPSA) is 78.1 Å². The molecule has 0 radical (unpaired) electrons. The molecule has 1 heterocycles. The summed E-state index contributed by atoms with van der Waals surface area (Å²) in [5, 5.41) is 0.620. The van der Waals surface area contributed by atoms with Crippen molar-refractivity contribution in [1.29, 1.82) is 0 Å². The van der Waals surface area contributed by atoms with Crippen molar-refractivity contribution in [2.75, 3.05) is 12.9 Å². The zero-order valence-electron chi connectivity index (χ0n) is 8.64. The maximum Gasteiger partial charge on any atom is 0.323 e. The van der Waals surface area contributed by atoms with Gasteiger partial charge in [-0.3, -0.25) is 4.79 Å². The molecule has 0 aliphatic rings. The quantitative estimate of drug-likeness (QED) is 0.455. The summed E-state index contributed by atoms with van der Waals surface area (Å²) in [6.45, 7) is 1.88. The molecule has 1 unspecified atom stereocenters. The highest BCUT2D eigenvalue weighted by Gasteiger charge is 2.14. The molecule has 1 aromatic heterocycles. The molecule has 5 nitrogen and oxygen atoms in total. The summed E-state index contributed by atoms with van der Waals surface area (Å²) in [5.41, 5.74) is 6.45. The molecule has 0 saturated heterocycles. The first kappa shape index (κ1) is 11.9. The van der Waals surface area contributed by atoms with E-state index in [0.717, 1.165) is 5.69 Å². The second kappa shape index (κ2) is 5.67. The normalized spacial score (nSPS) is 12.2. The van der Waals surface area contributed by atoms with E-state index in [-0.39, 0.29) is 0 Å². The molecule has 0 aliphatic heterocycles. The van der Waals surface area contributed by atoms with Crippen LogP contribution in [0, 0.1) is 6.92 Å². The van der Waals surface area contributed by atoms with Crippen molar-refractivity contribution in [3.05, 3.63) is 18.0 Å². The molecule has 2 N–H and O–H groups in total. The predicted molar refractivity (Wildman–Crippen MR) is 57.5 cm³/mol. The first-order valence-electron chi connectivity index (χ1n) is 4.39. The summed E-state index contributed by atoms with van der Waals surface area (Å²) >= 11 is 1.34. The Labute approximate surface area is 92.4 Å². The van der Waals surface area contributed by atoms with Gasteiger partial charge in [0.05, 0.1) is 7.11 Å². The van der Waals surface area contributed by atoms with Crippen LogP contribution in [0.1, 0.15) is 5.69 Å². The summed E-state index contributed by atoms with van der Waals surface area (Å²) in [5.74, 6) is -0.00833. The van der Waals surface area contributed by atoms with Crippen LogP contribution in [0.2, 0.25) is 0 Å². The van der Waals surface area contributed by atoms with E-state index in [2.05, 4.69) is 14.7 Å². The summed E-state index contributed by atoms with van der Waals surface area (Å²) in [6, 6.07) is 1.17. The number of carbonyl (C=O) groups is 1. The summed E-state index contributed by atoms with van der Waals surface area (Å²) in [7, 11) is 1.32. The number of ether oxygens (including phenoxy) is 1. The van der Waals surface area contributed by atoms with E-state index in [1.165, 1.54) is 18.9 Å². The van der Waals surface area contributed by atoms with E-state index in [4.69, 9.17) is 5.73 Å². The van der Waals surface area contributed by atoms with Crippen LogP contribution in [0.25, 0.3) is 0 Å². The molecule has 1 atom stereocenters. The Morgan fingerprint density at radius 2 is 2.47 bits per heavy atom. The van der Waals surface area contributed by atoms with Crippen LogP contribution in [0.15, 0.2) is 17.4 Å². The van der Waals surface area contributed by atoms with Gasteiger partial charge in [-0.2, -0.15) is 0 Å². The third-order valence-corrected chi connectivity index (χ3v) is 2.65. The number of carbonyl (C=O) groups excluding carboxylic acids is 1. The molecule has 1 rings (SSSR count). The molecule has 82 valence electrons. The number of hydrogen-bond donors (Lipinski definition) is 1. The lowest BCUT2D eigenvalue weighted by atomic mass is 10.4. The van der Waals surface area contributed by atoms with Crippen molar-refractivity contribution in [3.63, 3.8) is 0 Å². The number of rotatable bonds is 4. The van der Waals surface area contributed by atoms with Crippen LogP contribution in [-0.4, -0.2) is 34.8 Å². The fourth-order valence-corrected chi connectivity index (χ4v) is 1.69. The first-order chi connectivity index (χ1) is 7.13. The lowest BCUT2D eigenvalue weighted by Gasteiger charge is -2.07. The van der Waals surface area contributed by atoms with E-state index in [9.17, 15) is 4.79 Å². The molecule has 0 spiro atoms. The third-order valence-electron chi connectivity index (χ3n) is 1.67. The van der Waals surface area contributed by atoms with Crippen molar-refractivity contribution in [3.8, 4) is 0 Å². The van der Waals surface area contributed by atoms with Gasteiger partial charge in [-0.25, -0.2) is 9.97 Å². The van der Waals surface area contributed by atoms with Gasteiger partial charge < -0.3 is 10.5 Å². The van der Waals surface area contributed by atoms with Crippen molar-refractivity contribution < 1.29 is 9.53 Å². The Morgan fingerprint density at radius 1 is 1.73 bits per heavy atom. The fourth-order valence-electron chi connectivity index (χ4n) is 0.879. The highest BCUT2D eigenvalue weighted by atomic mass is 32.2. The molecule has 0 bridgehead atoms. The largest absolute Gasteiger partial charge is 0.468 e. The minimum atomic E-state index is -0.635. The van der Waals surface area contributed by atoms with Gasteiger partial charge in [0.25, 0.3) is 0 Å². The standard InChI is InChI=1S/C9H13N3O2S/c1-6-3-4-11-9(12-6)15-5-7(10)8(13)14-2/h3-4,7H,5,10H2,1-2H3. The van der Waals surface area contributed by atoms with E-state index < -0.39 is 12.0 Å². The average molecular weight is 227 g/mol. The van der Waals surface area contributed by atoms with E-state index in [1.807, 2.05) is 13.0 Å². The molecular formula is C9H13N3O2S. The number of nitrogens with zero attached hydrogens (tertiary/aromatic N) is 2. The molecule has 0 amide bonds. The van der Waals surface area contributed by atoms with Gasteiger partial charge in [-0.05, 0) is 13.0 Å². The second-order valence-corrected chi connectivity index (χ2v) is 3.91. The number of hydrogen-bond acceptors (Lipinski definition) is 6. The zero-order chi connectivity index (χ0) is 11.3. The van der Waals surface area contributed by atoms with Crippen molar-refractivity contribution in [1.82, 2.24) is 9.97 Å². The van der Waals surface area contributed by atoms with Crippen LogP contribution < -0.4 is 5.73 Å². The highest BCUT2D eigenvalue weighted by Crippen LogP contribution is 2.13. The molecule has 0 aromatic carbocycles. The second-order valence-electron chi connectivity index (χ2n) is 2.92. The maximum atomic E-state index is 11.0. The van der Waals surface area contributed by atoms with Crippen LogP contribution in [-0.2, 0) is 9.53 Å². The molecule has 1 aromatic rings. The smallest absolute Gasteiger partial charge is 0.323 e. The third kappa shape index (κ3) is 3.85. The van der Waals surface area contributed by atoms with Crippen LogP contribution in [0.5, 0.6) is 0 Å². The van der Waals surface area contributed by atoms with E-state index in [0.29, 0.717) is 10.9 Å². The highest BCUT2D eigenvalue weighted by molar-refractivity contribution is 7.99. The van der Waals surface area contributed by atoms with Crippen LogP contribution >= 0.6 is 11.8 Å². The van der Waals surface area contributed by atoms with Crippen molar-refractivity contribution in [2.24, 2.45) is 5.73 Å². The minimum absolute atomic E-state index is 0.413. The van der Waals surface area contributed by atoms with Gasteiger partial charge in [0, 0.05) is 17.6 Å². The van der Waals surface area contributed by atoms with E-state index in [1.54, 1.807) is 6.20 Å². The van der Waals surface area contributed by atoms with Crippen molar-refractivity contribution >= 4 is 17.7 Å². The van der Waals surface area contributed by atoms with Gasteiger partial charge in [0.1, 0.15) is 6.04 Å². The van der Waals surface area contributed by atoms with Gasteiger partial charge in [0.2, 0.25) is 0 Å². The Balaban J connectivity index is 2.47. The number of methoxy groups -OCH3 is 1. The summed E-state index contributed by atoms with van der Waals surface area (Å²) in [6.07, 6.45) is 1.67. The van der Waals surface area contributed by atoms with Gasteiger partial charge in [0.15, 0.2) is 5.16 Å². The SMILES string of the molecule is COC(=O)C(N)CSc1nccc(C)n1. The Bertz CT molecular complexity index is 346. The number of thioether (sulfide) groups is 1. The van der Waals surface area contributed by atoms with Gasteiger partial charge in [-0.15, -0.1) is 0 Å². The van der Waals surface area contributed by atoms with Crippen molar-refractivity contribution in [2.45, 2.75) is 18.1 Å². The number of aromatic nitrogens is 2. The number of aryl methyl sites for hydroxylation is 1. The molecule has 0 aliphatic carbocycles. The zero-order valence-corrected chi connectivity index (χ0v) is 9.45. The maximum absolute atomic E-state index is 11.0. The number of esters is 1. The molecule has 6 heteroatoms. The monoisotopic (exact) mass is 227 g/mol. The average Bonchev–Trinajstić information content (AvgIpc) is 2.25. The minimum Gasteiger partial charge on any atom is -0.468 e.